The molecule has 104 valence electrons. The summed E-state index contributed by atoms with van der Waals surface area (Å²) in [4.78, 5) is -0.176. The van der Waals surface area contributed by atoms with Crippen LogP contribution in [0.15, 0.2) is 34.8 Å². The zero-order valence-electron chi connectivity index (χ0n) is 10.5. The maximum Gasteiger partial charge on any atom is 0.182 e. The number of thiocarbonyl (C=S) groups is 1. The van der Waals surface area contributed by atoms with E-state index in [0.29, 0.717) is 5.69 Å². The number of nitrogens with one attached hydrogen (secondary N) is 1. The van der Waals surface area contributed by atoms with E-state index in [1.165, 1.54) is 12.1 Å². The van der Waals surface area contributed by atoms with Crippen molar-refractivity contribution in [2.45, 2.75) is 6.92 Å². The third-order valence-electron chi connectivity index (χ3n) is 2.81. The summed E-state index contributed by atoms with van der Waals surface area (Å²) >= 11 is 8.06. The SMILES string of the molecule is Cc1cccc(Nc2ccc(C(N)=S)c(F)c2F)c1Br. The highest BCUT2D eigenvalue weighted by molar-refractivity contribution is 9.10. The van der Waals surface area contributed by atoms with Gasteiger partial charge in [0.2, 0.25) is 0 Å². The van der Waals surface area contributed by atoms with Gasteiger partial charge in [-0.3, -0.25) is 0 Å². The van der Waals surface area contributed by atoms with Gasteiger partial charge in [-0.1, -0.05) is 24.4 Å². The minimum absolute atomic E-state index is 0.0220. The molecule has 0 aliphatic carbocycles. The molecule has 6 heteroatoms. The van der Waals surface area contributed by atoms with E-state index in [1.807, 2.05) is 19.1 Å². The largest absolute Gasteiger partial charge is 0.389 e. The molecule has 0 unspecified atom stereocenters. The van der Waals surface area contributed by atoms with Crippen LogP contribution in [0.3, 0.4) is 0 Å². The highest BCUT2D eigenvalue weighted by Crippen LogP contribution is 2.30. The average Bonchev–Trinajstić information content (AvgIpc) is 2.40. The van der Waals surface area contributed by atoms with Gasteiger partial charge >= 0.3 is 0 Å². The predicted octanol–water partition coefficient (Wildman–Crippen LogP) is 4.41. The normalized spacial score (nSPS) is 10.4. The number of nitrogens with two attached hydrogens (primary N) is 1. The lowest BCUT2D eigenvalue weighted by molar-refractivity contribution is 0.510. The van der Waals surface area contributed by atoms with Crippen molar-refractivity contribution in [3.8, 4) is 0 Å². The zero-order valence-corrected chi connectivity index (χ0v) is 12.9. The molecule has 0 aliphatic rings. The Kier molecular flexibility index (Phi) is 4.35. The summed E-state index contributed by atoms with van der Waals surface area (Å²) in [6, 6.07) is 8.24. The molecule has 0 aromatic heterocycles. The molecule has 0 amide bonds. The first-order valence-corrected chi connectivity index (χ1v) is 6.92. The Balaban J connectivity index is 2.42. The van der Waals surface area contributed by atoms with Crippen molar-refractivity contribution in [2.24, 2.45) is 5.73 Å². The van der Waals surface area contributed by atoms with Crippen molar-refractivity contribution in [1.29, 1.82) is 0 Å². The second kappa shape index (κ2) is 5.85. The van der Waals surface area contributed by atoms with Crippen LogP contribution in [0, 0.1) is 18.6 Å². The lowest BCUT2D eigenvalue weighted by atomic mass is 10.1. The topological polar surface area (TPSA) is 38.0 Å². The second-order valence-corrected chi connectivity index (χ2v) is 5.45. The Morgan fingerprint density at radius 2 is 1.85 bits per heavy atom. The molecule has 2 nitrogen and oxygen atoms in total. The van der Waals surface area contributed by atoms with Gasteiger partial charge in [-0.2, -0.15) is 0 Å². The van der Waals surface area contributed by atoms with Crippen molar-refractivity contribution in [1.82, 2.24) is 0 Å². The van der Waals surface area contributed by atoms with E-state index in [2.05, 4.69) is 33.5 Å². The quantitative estimate of drug-likeness (QED) is 0.799. The number of benzene rings is 2. The molecule has 2 rings (SSSR count). The van der Waals surface area contributed by atoms with E-state index in [-0.39, 0.29) is 16.2 Å². The van der Waals surface area contributed by atoms with E-state index < -0.39 is 11.6 Å². The van der Waals surface area contributed by atoms with Gasteiger partial charge < -0.3 is 11.1 Å². The second-order valence-electron chi connectivity index (χ2n) is 4.21. The first kappa shape index (κ1) is 14.9. The molecular weight excluding hydrogens is 346 g/mol. The van der Waals surface area contributed by atoms with Crippen LogP contribution in [0.5, 0.6) is 0 Å². The van der Waals surface area contributed by atoms with Crippen LogP contribution >= 0.6 is 28.1 Å². The summed E-state index contributed by atoms with van der Waals surface area (Å²) in [6.45, 7) is 1.90. The molecule has 2 aromatic carbocycles. The Morgan fingerprint density at radius 3 is 2.50 bits per heavy atom. The van der Waals surface area contributed by atoms with Crippen LogP contribution in [0.2, 0.25) is 0 Å². The molecule has 0 saturated heterocycles. The van der Waals surface area contributed by atoms with Gasteiger partial charge in [-0.25, -0.2) is 8.78 Å². The van der Waals surface area contributed by atoms with E-state index in [1.54, 1.807) is 6.07 Å². The number of aryl methyl sites for hydroxylation is 1. The van der Waals surface area contributed by atoms with E-state index in [4.69, 9.17) is 5.73 Å². The summed E-state index contributed by atoms with van der Waals surface area (Å²) < 4.78 is 28.6. The number of halogens is 3. The van der Waals surface area contributed by atoms with Crippen molar-refractivity contribution < 1.29 is 8.78 Å². The van der Waals surface area contributed by atoms with Crippen molar-refractivity contribution >= 4 is 44.5 Å². The number of hydrogen-bond donors (Lipinski definition) is 2. The van der Waals surface area contributed by atoms with Gasteiger partial charge in [0.25, 0.3) is 0 Å². The summed E-state index contributed by atoms with van der Waals surface area (Å²) in [7, 11) is 0. The smallest absolute Gasteiger partial charge is 0.182 e. The molecule has 0 radical (unpaired) electrons. The first-order chi connectivity index (χ1) is 9.41. The van der Waals surface area contributed by atoms with Gasteiger partial charge in [-0.15, -0.1) is 0 Å². The van der Waals surface area contributed by atoms with Crippen LogP contribution in [0.1, 0.15) is 11.1 Å². The minimum atomic E-state index is -1.05. The van der Waals surface area contributed by atoms with E-state index in [9.17, 15) is 8.78 Å². The standard InChI is InChI=1S/C14H11BrF2N2S/c1-7-3-2-4-9(11(7)15)19-10-6-5-8(14(18)20)12(16)13(10)17/h2-6,19H,1H3,(H2,18,20). The van der Waals surface area contributed by atoms with E-state index >= 15 is 0 Å². The molecule has 3 N–H and O–H groups in total. The summed E-state index contributed by atoms with van der Waals surface area (Å²) in [5, 5.41) is 2.84. The molecule has 0 fully saturated rings. The predicted molar refractivity (Wildman–Crippen MR) is 84.4 cm³/mol. The maximum absolute atomic E-state index is 14.0. The van der Waals surface area contributed by atoms with Crippen molar-refractivity contribution in [3.63, 3.8) is 0 Å². The zero-order chi connectivity index (χ0) is 14.9. The van der Waals surface area contributed by atoms with Crippen molar-refractivity contribution in [2.75, 3.05) is 5.32 Å². The molecule has 20 heavy (non-hydrogen) atoms. The molecule has 0 heterocycles. The van der Waals surface area contributed by atoms with Crippen LogP contribution < -0.4 is 11.1 Å². The fourth-order valence-corrected chi connectivity index (χ4v) is 2.25. The van der Waals surface area contributed by atoms with E-state index in [0.717, 1.165) is 10.0 Å². The summed E-state index contributed by atoms with van der Waals surface area (Å²) in [6.07, 6.45) is 0. The number of anilines is 2. The Morgan fingerprint density at radius 1 is 1.15 bits per heavy atom. The summed E-state index contributed by atoms with van der Waals surface area (Å²) in [5.41, 5.74) is 6.87. The highest BCUT2D eigenvalue weighted by Gasteiger charge is 2.15. The maximum atomic E-state index is 14.0. The number of hydrogen-bond acceptors (Lipinski definition) is 2. The fourth-order valence-electron chi connectivity index (χ4n) is 1.73. The lowest BCUT2D eigenvalue weighted by Crippen LogP contribution is -2.13. The molecule has 0 saturated carbocycles. The van der Waals surface area contributed by atoms with Gasteiger partial charge in [-0.05, 0) is 46.6 Å². The molecule has 2 aromatic rings. The monoisotopic (exact) mass is 356 g/mol. The molecular formula is C14H11BrF2N2S. The summed E-state index contributed by atoms with van der Waals surface area (Å²) in [5.74, 6) is -2.06. The van der Waals surface area contributed by atoms with Crippen molar-refractivity contribution in [3.05, 3.63) is 57.6 Å². The highest BCUT2D eigenvalue weighted by atomic mass is 79.9. The van der Waals surface area contributed by atoms with Gasteiger partial charge in [0, 0.05) is 10.0 Å². The first-order valence-electron chi connectivity index (χ1n) is 5.71. The van der Waals surface area contributed by atoms with Crippen LogP contribution in [-0.4, -0.2) is 4.99 Å². The lowest BCUT2D eigenvalue weighted by Gasteiger charge is -2.12. The minimum Gasteiger partial charge on any atom is -0.389 e. The molecule has 0 spiro atoms. The average molecular weight is 357 g/mol. The van der Waals surface area contributed by atoms with Crippen LogP contribution in [0.25, 0.3) is 0 Å². The number of rotatable bonds is 3. The Bertz CT molecular complexity index is 689. The van der Waals surface area contributed by atoms with Gasteiger partial charge in [0.1, 0.15) is 4.99 Å². The van der Waals surface area contributed by atoms with Gasteiger partial charge in [0.15, 0.2) is 11.6 Å². The molecule has 0 bridgehead atoms. The van der Waals surface area contributed by atoms with Gasteiger partial charge in [0.05, 0.1) is 11.4 Å². The Hall–Kier alpha value is -1.53. The third kappa shape index (κ3) is 2.81. The molecule has 0 atom stereocenters. The van der Waals surface area contributed by atoms with Crippen LogP contribution in [0.4, 0.5) is 20.2 Å². The fraction of sp³-hybridized carbons (Fsp3) is 0.0714. The Labute approximate surface area is 129 Å². The molecule has 0 aliphatic heterocycles. The van der Waals surface area contributed by atoms with Crippen LogP contribution in [-0.2, 0) is 0 Å². The third-order valence-corrected chi connectivity index (χ3v) is 4.08.